The van der Waals surface area contributed by atoms with Crippen LogP contribution in [-0.4, -0.2) is 17.6 Å². The van der Waals surface area contributed by atoms with E-state index in [1.807, 2.05) is 0 Å². The third-order valence-corrected chi connectivity index (χ3v) is 3.21. The summed E-state index contributed by atoms with van der Waals surface area (Å²) in [7, 11) is 0. The third-order valence-electron chi connectivity index (χ3n) is 2.88. The van der Waals surface area contributed by atoms with Gasteiger partial charge in [-0.05, 0) is 31.5 Å². The van der Waals surface area contributed by atoms with Gasteiger partial charge in [-0.3, -0.25) is 4.79 Å². The molecule has 1 aromatic rings. The molecule has 1 unspecified atom stereocenters. The molecular weight excluding hydrogens is 240 g/mol. The Labute approximate surface area is 105 Å². The van der Waals surface area contributed by atoms with Gasteiger partial charge in [0, 0.05) is 23.6 Å². The Morgan fingerprint density at radius 1 is 1.59 bits per heavy atom. The van der Waals surface area contributed by atoms with E-state index in [1.165, 1.54) is 13.0 Å². The van der Waals surface area contributed by atoms with Crippen LogP contribution in [0.5, 0.6) is 5.75 Å². The zero-order valence-electron chi connectivity index (χ0n) is 9.59. The van der Waals surface area contributed by atoms with Crippen molar-refractivity contribution >= 4 is 23.2 Å². The molecule has 0 saturated carbocycles. The van der Waals surface area contributed by atoms with Gasteiger partial charge in [-0.15, -0.1) is 0 Å². The van der Waals surface area contributed by atoms with E-state index >= 15 is 0 Å². The number of rotatable bonds is 2. The van der Waals surface area contributed by atoms with Crippen molar-refractivity contribution in [3.63, 3.8) is 0 Å². The maximum absolute atomic E-state index is 11.2. The Hall–Kier alpha value is -1.26. The molecular formula is C12H15ClN2O2. The average Bonchev–Trinajstić information content (AvgIpc) is 2.76. The first-order valence-corrected chi connectivity index (χ1v) is 5.99. The van der Waals surface area contributed by atoms with Gasteiger partial charge in [0.1, 0.15) is 5.75 Å². The molecule has 17 heavy (non-hydrogen) atoms. The van der Waals surface area contributed by atoms with Gasteiger partial charge in [-0.1, -0.05) is 11.6 Å². The van der Waals surface area contributed by atoms with Gasteiger partial charge in [0.25, 0.3) is 0 Å². The first kappa shape index (κ1) is 12.2. The molecule has 0 bridgehead atoms. The minimum absolute atomic E-state index is 0.0494. The molecule has 1 aliphatic rings. The predicted octanol–water partition coefficient (Wildman–Crippen LogP) is 2.43. The summed E-state index contributed by atoms with van der Waals surface area (Å²) in [5.74, 6) is -0.171. The summed E-state index contributed by atoms with van der Waals surface area (Å²) in [5, 5.41) is 16.3. The van der Waals surface area contributed by atoms with Crippen LogP contribution >= 0.6 is 11.6 Å². The predicted molar refractivity (Wildman–Crippen MR) is 67.4 cm³/mol. The highest BCUT2D eigenvalue weighted by Crippen LogP contribution is 2.39. The van der Waals surface area contributed by atoms with E-state index in [0.29, 0.717) is 10.7 Å². The van der Waals surface area contributed by atoms with Crippen LogP contribution in [0.25, 0.3) is 0 Å². The van der Waals surface area contributed by atoms with Crippen molar-refractivity contribution in [2.45, 2.75) is 25.8 Å². The van der Waals surface area contributed by atoms with E-state index in [4.69, 9.17) is 11.6 Å². The van der Waals surface area contributed by atoms with Crippen LogP contribution in [0.1, 0.15) is 31.4 Å². The topological polar surface area (TPSA) is 61.4 Å². The first-order valence-electron chi connectivity index (χ1n) is 5.62. The summed E-state index contributed by atoms with van der Waals surface area (Å²) in [6.45, 7) is 2.34. The van der Waals surface area contributed by atoms with Crippen molar-refractivity contribution in [1.29, 1.82) is 0 Å². The highest BCUT2D eigenvalue weighted by molar-refractivity contribution is 6.32. The lowest BCUT2D eigenvalue weighted by Crippen LogP contribution is -2.17. The second-order valence-electron chi connectivity index (χ2n) is 4.19. The molecule has 1 fully saturated rings. The summed E-state index contributed by atoms with van der Waals surface area (Å²) >= 11 is 6.16. The second kappa shape index (κ2) is 4.94. The molecule has 1 atom stereocenters. The quantitative estimate of drug-likeness (QED) is 0.711. The lowest BCUT2D eigenvalue weighted by Gasteiger charge is -2.18. The third kappa shape index (κ3) is 2.53. The van der Waals surface area contributed by atoms with Crippen molar-refractivity contribution < 1.29 is 9.90 Å². The number of nitrogens with one attached hydrogen (secondary N) is 2. The number of phenols is 1. The monoisotopic (exact) mass is 254 g/mol. The molecule has 4 nitrogen and oxygen atoms in total. The van der Waals surface area contributed by atoms with Crippen molar-refractivity contribution in [1.82, 2.24) is 5.32 Å². The van der Waals surface area contributed by atoms with E-state index in [1.54, 1.807) is 6.07 Å². The van der Waals surface area contributed by atoms with Crippen LogP contribution in [-0.2, 0) is 4.79 Å². The van der Waals surface area contributed by atoms with Gasteiger partial charge in [0.05, 0.1) is 5.69 Å². The molecule has 3 N–H and O–H groups in total. The molecule has 0 spiro atoms. The Balaban J connectivity index is 2.45. The van der Waals surface area contributed by atoms with Gasteiger partial charge >= 0.3 is 0 Å². The SMILES string of the molecule is CC(=O)Nc1c(O)ccc(Cl)c1C1CCCN1. The summed E-state index contributed by atoms with van der Waals surface area (Å²) < 4.78 is 0. The number of carbonyl (C=O) groups excluding carboxylic acids is 1. The van der Waals surface area contributed by atoms with Crippen LogP contribution in [0, 0.1) is 0 Å². The van der Waals surface area contributed by atoms with Crippen LogP contribution in [0.2, 0.25) is 5.02 Å². The Kier molecular flexibility index (Phi) is 3.54. The zero-order valence-corrected chi connectivity index (χ0v) is 10.3. The Bertz CT molecular complexity index is 442. The van der Waals surface area contributed by atoms with Gasteiger partial charge < -0.3 is 15.7 Å². The second-order valence-corrected chi connectivity index (χ2v) is 4.59. The van der Waals surface area contributed by atoms with Gasteiger partial charge in [0.2, 0.25) is 5.91 Å². The molecule has 1 saturated heterocycles. The molecule has 92 valence electrons. The number of hydrogen-bond donors (Lipinski definition) is 3. The molecule has 1 aliphatic heterocycles. The van der Waals surface area contributed by atoms with Gasteiger partial charge in [-0.25, -0.2) is 0 Å². The first-order chi connectivity index (χ1) is 8.09. The fourth-order valence-corrected chi connectivity index (χ4v) is 2.45. The molecule has 1 heterocycles. The van der Waals surface area contributed by atoms with E-state index < -0.39 is 0 Å². The lowest BCUT2D eigenvalue weighted by molar-refractivity contribution is -0.114. The number of anilines is 1. The maximum atomic E-state index is 11.2. The van der Waals surface area contributed by atoms with Crippen molar-refractivity contribution in [2.75, 3.05) is 11.9 Å². The smallest absolute Gasteiger partial charge is 0.221 e. The number of phenolic OH excluding ortho intramolecular Hbond substituents is 1. The standard InChI is InChI=1S/C12H15ClN2O2/c1-7(16)15-12-10(17)5-4-8(13)11(12)9-3-2-6-14-9/h4-5,9,14,17H,2-3,6H2,1H3,(H,15,16). The summed E-state index contributed by atoms with van der Waals surface area (Å²) in [6.07, 6.45) is 2.02. The summed E-state index contributed by atoms with van der Waals surface area (Å²) in [4.78, 5) is 11.2. The highest BCUT2D eigenvalue weighted by atomic mass is 35.5. The van der Waals surface area contributed by atoms with Crippen LogP contribution in [0.3, 0.4) is 0 Å². The van der Waals surface area contributed by atoms with Crippen LogP contribution in [0.15, 0.2) is 12.1 Å². The van der Waals surface area contributed by atoms with E-state index in [2.05, 4.69) is 10.6 Å². The van der Waals surface area contributed by atoms with Gasteiger partial charge in [0.15, 0.2) is 0 Å². The number of aromatic hydroxyl groups is 1. The molecule has 2 rings (SSSR count). The number of amides is 1. The number of halogens is 1. The van der Waals surface area contributed by atoms with Crippen LogP contribution in [0.4, 0.5) is 5.69 Å². The molecule has 1 aromatic carbocycles. The summed E-state index contributed by atoms with van der Waals surface area (Å²) in [6, 6.07) is 3.24. The Morgan fingerprint density at radius 2 is 2.35 bits per heavy atom. The average molecular weight is 255 g/mol. The van der Waals surface area contributed by atoms with Crippen LogP contribution < -0.4 is 10.6 Å². The molecule has 0 aliphatic carbocycles. The van der Waals surface area contributed by atoms with Crippen molar-refractivity contribution in [2.24, 2.45) is 0 Å². The van der Waals surface area contributed by atoms with Crippen molar-refractivity contribution in [3.05, 3.63) is 22.7 Å². The minimum atomic E-state index is -0.221. The largest absolute Gasteiger partial charge is 0.506 e. The summed E-state index contributed by atoms with van der Waals surface area (Å²) in [5.41, 5.74) is 1.20. The zero-order chi connectivity index (χ0) is 12.4. The minimum Gasteiger partial charge on any atom is -0.506 e. The van der Waals surface area contributed by atoms with E-state index in [9.17, 15) is 9.90 Å². The van der Waals surface area contributed by atoms with Gasteiger partial charge in [-0.2, -0.15) is 0 Å². The fraction of sp³-hybridized carbons (Fsp3) is 0.417. The number of hydrogen-bond acceptors (Lipinski definition) is 3. The number of benzene rings is 1. The molecule has 0 aromatic heterocycles. The highest BCUT2D eigenvalue weighted by Gasteiger charge is 2.24. The maximum Gasteiger partial charge on any atom is 0.221 e. The van der Waals surface area contributed by atoms with E-state index in [0.717, 1.165) is 24.9 Å². The molecule has 5 heteroatoms. The van der Waals surface area contributed by atoms with Crippen molar-refractivity contribution in [3.8, 4) is 5.75 Å². The Morgan fingerprint density at radius 3 is 2.94 bits per heavy atom. The number of carbonyl (C=O) groups is 1. The molecule has 1 amide bonds. The lowest BCUT2D eigenvalue weighted by atomic mass is 10.0. The normalized spacial score (nSPS) is 19.3. The molecule has 0 radical (unpaired) electrons. The fourth-order valence-electron chi connectivity index (χ4n) is 2.16. The van der Waals surface area contributed by atoms with E-state index in [-0.39, 0.29) is 17.7 Å².